The molecule has 0 spiro atoms. The minimum Gasteiger partial charge on any atom is -0.480 e. The fraction of sp³-hybridized carbons (Fsp3) is 0.900. The van der Waals surface area contributed by atoms with E-state index in [0.717, 1.165) is 0 Å². The second-order valence-corrected chi connectivity index (χ2v) is 8.70. The van der Waals surface area contributed by atoms with Crippen molar-refractivity contribution in [2.24, 2.45) is 0 Å². The van der Waals surface area contributed by atoms with E-state index in [1.165, 1.54) is 0 Å². The highest BCUT2D eigenvalue weighted by Gasteiger charge is 2.30. The molecule has 4 atom stereocenters. The summed E-state index contributed by atoms with van der Waals surface area (Å²) in [4.78, 5) is 39.6. The molecule has 1 saturated heterocycles. The molecule has 4 N–H and O–H groups in total. The molecule has 1 heterocycles. The zero-order valence-electron chi connectivity index (χ0n) is 19.6. The van der Waals surface area contributed by atoms with Gasteiger partial charge in [0, 0.05) is 63.4 Å². The Kier molecular flexibility index (Phi) is 13.2. The van der Waals surface area contributed by atoms with Gasteiger partial charge in [0.2, 0.25) is 0 Å². The average molecular weight is 465 g/mol. The van der Waals surface area contributed by atoms with Crippen LogP contribution in [0, 0.1) is 0 Å². The Hall–Kier alpha value is -1.38. The van der Waals surface area contributed by atoms with Crippen molar-refractivity contribution in [3.63, 3.8) is 0 Å². The topological polar surface area (TPSA) is 146 Å². The molecule has 0 aromatic carbocycles. The van der Waals surface area contributed by atoms with Gasteiger partial charge in [-0.3, -0.25) is 39.7 Å². The van der Waals surface area contributed by atoms with E-state index in [9.17, 15) is 19.8 Å². The highest BCUT2D eigenvalue weighted by Crippen LogP contribution is 2.15. The second kappa shape index (κ2) is 14.7. The molecule has 188 valence electrons. The predicted molar refractivity (Wildman–Crippen MR) is 117 cm³/mol. The summed E-state index contributed by atoms with van der Waals surface area (Å²) in [6.45, 7) is 10.7. The fourth-order valence-electron chi connectivity index (χ4n) is 4.27. The zero-order valence-corrected chi connectivity index (χ0v) is 19.6. The molecule has 0 amide bonds. The van der Waals surface area contributed by atoms with E-state index in [1.54, 1.807) is 0 Å². The van der Waals surface area contributed by atoms with Crippen molar-refractivity contribution in [2.45, 2.75) is 51.9 Å². The smallest absolute Gasteiger partial charge is 0.317 e. The van der Waals surface area contributed by atoms with Crippen LogP contribution in [0.25, 0.3) is 0 Å². The molecular weight excluding hydrogens is 424 g/mol. The Balaban J connectivity index is 3.25. The highest BCUT2D eigenvalue weighted by atomic mass is 17.1. The molecule has 0 saturated carbocycles. The molecule has 1 aliphatic rings. The van der Waals surface area contributed by atoms with E-state index in [1.807, 2.05) is 37.5 Å². The van der Waals surface area contributed by atoms with E-state index in [4.69, 9.17) is 10.5 Å². The van der Waals surface area contributed by atoms with Gasteiger partial charge in [-0.15, -0.1) is 0 Å². The third-order valence-corrected chi connectivity index (χ3v) is 6.10. The lowest BCUT2D eigenvalue weighted by atomic mass is 10.1. The van der Waals surface area contributed by atoms with E-state index in [0.29, 0.717) is 39.3 Å². The molecule has 32 heavy (non-hydrogen) atoms. The van der Waals surface area contributed by atoms with Crippen LogP contribution in [0.1, 0.15) is 27.7 Å². The van der Waals surface area contributed by atoms with Crippen molar-refractivity contribution in [3.05, 3.63) is 0 Å². The lowest BCUT2D eigenvalue weighted by Crippen LogP contribution is -2.57. The van der Waals surface area contributed by atoms with Gasteiger partial charge in [-0.1, -0.05) is 0 Å². The van der Waals surface area contributed by atoms with Gasteiger partial charge in [-0.2, -0.15) is 0 Å². The largest absolute Gasteiger partial charge is 0.480 e. The summed E-state index contributed by atoms with van der Waals surface area (Å²) in [7, 11) is 0. The standard InChI is InChI=1S/C20H40N4O8/c1-15-9-21(5-7-31-29)16(2)11-23(13-19(25)26)18(4)12-24(14-20(27)28)17(3)10-22(15)6-8-32-30/h15-18,29-30H,5-14H2,1-4H3,(H,25,26)(H,27,28). The zero-order chi connectivity index (χ0) is 24.3. The maximum atomic E-state index is 11.5. The van der Waals surface area contributed by atoms with E-state index in [2.05, 4.69) is 19.6 Å². The van der Waals surface area contributed by atoms with Gasteiger partial charge >= 0.3 is 11.9 Å². The third kappa shape index (κ3) is 10.0. The minimum absolute atomic E-state index is 0.0187. The number of rotatable bonds is 10. The van der Waals surface area contributed by atoms with Crippen LogP contribution < -0.4 is 0 Å². The SMILES string of the molecule is CC1CN(CCOO)C(C)CN(CC(=O)O)C(C)CN(CC(=O)O)C(C)CN1CCOO. The first-order chi connectivity index (χ1) is 15.1. The van der Waals surface area contributed by atoms with Crippen LogP contribution >= 0.6 is 0 Å². The van der Waals surface area contributed by atoms with Gasteiger partial charge < -0.3 is 10.2 Å². The van der Waals surface area contributed by atoms with Crippen molar-refractivity contribution in [2.75, 3.05) is 65.6 Å². The van der Waals surface area contributed by atoms with Crippen molar-refractivity contribution >= 4 is 11.9 Å². The van der Waals surface area contributed by atoms with Gasteiger partial charge in [0.1, 0.15) is 0 Å². The van der Waals surface area contributed by atoms with Gasteiger partial charge in [-0.25, -0.2) is 9.78 Å². The van der Waals surface area contributed by atoms with Crippen molar-refractivity contribution in [1.82, 2.24) is 19.6 Å². The first-order valence-electron chi connectivity index (χ1n) is 11.0. The summed E-state index contributed by atoms with van der Waals surface area (Å²) in [5, 5.41) is 36.6. The first kappa shape index (κ1) is 28.7. The van der Waals surface area contributed by atoms with Crippen LogP contribution in [0.4, 0.5) is 0 Å². The molecule has 1 fully saturated rings. The minimum atomic E-state index is -0.942. The predicted octanol–water partition coefficient (Wildman–Crippen LogP) is -0.0896. The summed E-state index contributed by atoms with van der Waals surface area (Å²) in [6.07, 6.45) is 0. The first-order valence-corrected chi connectivity index (χ1v) is 11.0. The van der Waals surface area contributed by atoms with Crippen LogP contribution in [0.5, 0.6) is 0 Å². The molecule has 0 radical (unpaired) electrons. The van der Waals surface area contributed by atoms with Crippen molar-refractivity contribution in [1.29, 1.82) is 0 Å². The van der Waals surface area contributed by atoms with Crippen molar-refractivity contribution < 1.29 is 40.1 Å². The van der Waals surface area contributed by atoms with E-state index < -0.39 is 11.9 Å². The van der Waals surface area contributed by atoms with Crippen LogP contribution in [0.2, 0.25) is 0 Å². The normalized spacial score (nSPS) is 28.2. The molecule has 0 aliphatic carbocycles. The molecule has 0 bridgehead atoms. The molecule has 12 heteroatoms. The summed E-state index contributed by atoms with van der Waals surface area (Å²) in [5.41, 5.74) is 0. The number of hydrogen-bond acceptors (Lipinski definition) is 10. The van der Waals surface area contributed by atoms with Crippen LogP contribution in [0.3, 0.4) is 0 Å². The quantitative estimate of drug-likeness (QED) is 0.253. The number of nitrogens with zero attached hydrogens (tertiary/aromatic N) is 4. The van der Waals surface area contributed by atoms with Crippen LogP contribution in [-0.2, 0) is 19.4 Å². The Bertz CT molecular complexity index is 550. The third-order valence-electron chi connectivity index (χ3n) is 6.10. The molecule has 1 aliphatic heterocycles. The second-order valence-electron chi connectivity index (χ2n) is 8.70. The Morgan fingerprint density at radius 2 is 0.938 bits per heavy atom. The maximum Gasteiger partial charge on any atom is 0.317 e. The molecule has 0 aromatic heterocycles. The van der Waals surface area contributed by atoms with E-state index >= 15 is 0 Å². The lowest BCUT2D eigenvalue weighted by molar-refractivity contribution is -0.246. The number of carboxylic acids is 2. The van der Waals surface area contributed by atoms with Crippen LogP contribution in [-0.4, -0.2) is 142 Å². The monoisotopic (exact) mass is 464 g/mol. The van der Waals surface area contributed by atoms with Crippen LogP contribution in [0.15, 0.2) is 0 Å². The Morgan fingerprint density at radius 1 is 0.656 bits per heavy atom. The van der Waals surface area contributed by atoms with Gasteiger partial charge in [-0.05, 0) is 27.7 Å². The summed E-state index contributed by atoms with van der Waals surface area (Å²) >= 11 is 0. The molecule has 12 nitrogen and oxygen atoms in total. The fourth-order valence-corrected chi connectivity index (χ4v) is 4.27. The number of hydrogen-bond donors (Lipinski definition) is 4. The average Bonchev–Trinajstić information content (AvgIpc) is 2.71. The summed E-state index contributed by atoms with van der Waals surface area (Å²) in [6, 6.07) is -0.356. The van der Waals surface area contributed by atoms with Gasteiger partial charge in [0.25, 0.3) is 0 Å². The molecule has 1 rings (SSSR count). The number of carboxylic acid groups (broad SMARTS) is 2. The lowest BCUT2D eigenvalue weighted by Gasteiger charge is -2.43. The molecular formula is C20H40N4O8. The summed E-state index contributed by atoms with van der Waals surface area (Å²) in [5.74, 6) is -1.88. The number of carbonyl (C=O) groups is 2. The van der Waals surface area contributed by atoms with Gasteiger partial charge in [0.15, 0.2) is 0 Å². The number of aliphatic carboxylic acids is 2. The van der Waals surface area contributed by atoms with Gasteiger partial charge in [0.05, 0.1) is 26.3 Å². The summed E-state index contributed by atoms with van der Waals surface area (Å²) < 4.78 is 0. The van der Waals surface area contributed by atoms with E-state index in [-0.39, 0.29) is 50.5 Å². The van der Waals surface area contributed by atoms with Crippen molar-refractivity contribution in [3.8, 4) is 0 Å². The molecule has 0 aromatic rings. The highest BCUT2D eigenvalue weighted by molar-refractivity contribution is 5.69. The maximum absolute atomic E-state index is 11.5. The molecule has 4 unspecified atom stereocenters. The Morgan fingerprint density at radius 3 is 1.22 bits per heavy atom. The Labute approximate surface area is 189 Å².